The fraction of sp³-hybridized carbons (Fsp3) is 0.625. The largest absolute Gasteiger partial charge is 0.496 e. The van der Waals surface area contributed by atoms with Crippen LogP contribution in [0.5, 0.6) is 5.75 Å². The van der Waals surface area contributed by atoms with Gasteiger partial charge in [0.15, 0.2) is 0 Å². The molecule has 0 saturated heterocycles. The van der Waals surface area contributed by atoms with Crippen molar-refractivity contribution in [1.29, 1.82) is 0 Å². The molecule has 120 valence electrons. The molecule has 0 fully saturated rings. The minimum atomic E-state index is 0.231. The van der Waals surface area contributed by atoms with Gasteiger partial charge in [-0.05, 0) is 43.1 Å². The fourth-order valence-electron chi connectivity index (χ4n) is 2.08. The van der Waals surface area contributed by atoms with Crippen LogP contribution in [0, 0.1) is 0 Å². The second-order valence-corrected chi connectivity index (χ2v) is 5.32. The van der Waals surface area contributed by atoms with Gasteiger partial charge >= 0.3 is 0 Å². The maximum Gasteiger partial charge on any atom is 0.122 e. The molecule has 5 heteroatoms. The summed E-state index contributed by atoms with van der Waals surface area (Å²) in [5.74, 6) is 0.861. The Hall–Kier alpha value is -0.810. The third-order valence-electron chi connectivity index (χ3n) is 3.14. The quantitative estimate of drug-likeness (QED) is 0.637. The van der Waals surface area contributed by atoms with Gasteiger partial charge in [0.1, 0.15) is 5.75 Å². The molecule has 1 atom stereocenters. The van der Waals surface area contributed by atoms with Crippen molar-refractivity contribution in [3.8, 4) is 5.75 Å². The van der Waals surface area contributed by atoms with Gasteiger partial charge in [-0.3, -0.25) is 0 Å². The maximum absolute atomic E-state index is 6.08. The molecule has 1 unspecified atom stereocenters. The fourth-order valence-corrected chi connectivity index (χ4v) is 2.27. The standard InChI is InChI=1S/C16H26ClNO3/c1-4-7-18-15(12-21-9-8-19-2)11-13-10-14(17)5-6-16(13)20-3/h5-6,10,15,18H,4,7-9,11-12H2,1-3H3. The number of rotatable bonds is 11. The third-order valence-corrected chi connectivity index (χ3v) is 3.38. The molecule has 0 aliphatic rings. The predicted molar refractivity (Wildman–Crippen MR) is 86.5 cm³/mol. The van der Waals surface area contributed by atoms with E-state index < -0.39 is 0 Å². The van der Waals surface area contributed by atoms with Crippen LogP contribution in [0.4, 0.5) is 0 Å². The Balaban J connectivity index is 2.63. The van der Waals surface area contributed by atoms with Gasteiger partial charge in [0, 0.05) is 18.2 Å². The van der Waals surface area contributed by atoms with Crippen LogP contribution in [0.15, 0.2) is 18.2 Å². The first-order valence-electron chi connectivity index (χ1n) is 7.33. The molecule has 0 heterocycles. The van der Waals surface area contributed by atoms with Gasteiger partial charge in [-0.1, -0.05) is 18.5 Å². The smallest absolute Gasteiger partial charge is 0.122 e. The van der Waals surface area contributed by atoms with Crippen LogP contribution in [0.2, 0.25) is 5.02 Å². The molecule has 0 aliphatic heterocycles. The lowest BCUT2D eigenvalue weighted by molar-refractivity contribution is 0.0586. The molecule has 0 amide bonds. The van der Waals surface area contributed by atoms with Gasteiger partial charge in [0.2, 0.25) is 0 Å². The normalized spacial score (nSPS) is 12.4. The third kappa shape index (κ3) is 7.14. The van der Waals surface area contributed by atoms with E-state index in [0.29, 0.717) is 19.8 Å². The molecule has 0 saturated carbocycles. The minimum absolute atomic E-state index is 0.231. The Bertz CT molecular complexity index is 401. The van der Waals surface area contributed by atoms with Gasteiger partial charge < -0.3 is 19.5 Å². The Morgan fingerprint density at radius 2 is 2.05 bits per heavy atom. The lowest BCUT2D eigenvalue weighted by Crippen LogP contribution is -2.36. The Kier molecular flexibility index (Phi) is 9.42. The molecule has 1 aromatic rings. The average molecular weight is 316 g/mol. The van der Waals surface area contributed by atoms with Crippen molar-refractivity contribution >= 4 is 11.6 Å². The zero-order chi connectivity index (χ0) is 15.5. The molecular weight excluding hydrogens is 290 g/mol. The summed E-state index contributed by atoms with van der Waals surface area (Å²) < 4.78 is 16.0. The van der Waals surface area contributed by atoms with Crippen LogP contribution in [0.1, 0.15) is 18.9 Å². The van der Waals surface area contributed by atoms with E-state index >= 15 is 0 Å². The number of hydrogen-bond acceptors (Lipinski definition) is 4. The van der Waals surface area contributed by atoms with Gasteiger partial charge in [-0.25, -0.2) is 0 Å². The SMILES string of the molecule is CCCNC(COCCOC)Cc1cc(Cl)ccc1OC. The van der Waals surface area contributed by atoms with Crippen LogP contribution in [-0.2, 0) is 15.9 Å². The van der Waals surface area contributed by atoms with Crippen LogP contribution < -0.4 is 10.1 Å². The summed E-state index contributed by atoms with van der Waals surface area (Å²) in [5.41, 5.74) is 1.09. The molecule has 4 nitrogen and oxygen atoms in total. The minimum Gasteiger partial charge on any atom is -0.496 e. The van der Waals surface area contributed by atoms with Crippen molar-refractivity contribution in [2.24, 2.45) is 0 Å². The summed E-state index contributed by atoms with van der Waals surface area (Å²) >= 11 is 6.08. The Labute approximate surface area is 132 Å². The lowest BCUT2D eigenvalue weighted by atomic mass is 10.1. The summed E-state index contributed by atoms with van der Waals surface area (Å²) in [5, 5.41) is 4.22. The van der Waals surface area contributed by atoms with E-state index in [1.165, 1.54) is 0 Å². The highest BCUT2D eigenvalue weighted by molar-refractivity contribution is 6.30. The molecule has 1 aromatic carbocycles. The van der Waals surface area contributed by atoms with E-state index in [1.807, 2.05) is 18.2 Å². The van der Waals surface area contributed by atoms with Gasteiger partial charge in [0.25, 0.3) is 0 Å². The first kappa shape index (κ1) is 18.2. The summed E-state index contributed by atoms with van der Waals surface area (Å²) in [6.07, 6.45) is 1.90. The van der Waals surface area contributed by atoms with Gasteiger partial charge in [0.05, 0.1) is 26.9 Å². The molecule has 21 heavy (non-hydrogen) atoms. The van der Waals surface area contributed by atoms with E-state index in [4.69, 9.17) is 25.8 Å². The van der Waals surface area contributed by atoms with Crippen molar-refractivity contribution in [2.75, 3.05) is 40.6 Å². The van der Waals surface area contributed by atoms with E-state index in [1.54, 1.807) is 14.2 Å². The monoisotopic (exact) mass is 315 g/mol. The second-order valence-electron chi connectivity index (χ2n) is 4.88. The molecular formula is C16H26ClNO3. The summed E-state index contributed by atoms with van der Waals surface area (Å²) in [6.45, 7) is 4.96. The highest BCUT2D eigenvalue weighted by Gasteiger charge is 2.13. The summed E-state index contributed by atoms with van der Waals surface area (Å²) in [7, 11) is 3.35. The summed E-state index contributed by atoms with van der Waals surface area (Å²) in [4.78, 5) is 0. The first-order chi connectivity index (χ1) is 10.2. The van der Waals surface area contributed by atoms with Crippen LogP contribution in [-0.4, -0.2) is 46.6 Å². The Morgan fingerprint density at radius 3 is 2.71 bits per heavy atom. The number of ether oxygens (including phenoxy) is 3. The molecule has 0 bridgehead atoms. The van der Waals surface area contributed by atoms with Crippen LogP contribution in [0.3, 0.4) is 0 Å². The van der Waals surface area contributed by atoms with Crippen molar-refractivity contribution in [2.45, 2.75) is 25.8 Å². The van der Waals surface area contributed by atoms with E-state index in [-0.39, 0.29) is 6.04 Å². The molecule has 0 aliphatic carbocycles. The second kappa shape index (κ2) is 10.9. The van der Waals surface area contributed by atoms with E-state index in [2.05, 4.69) is 12.2 Å². The van der Waals surface area contributed by atoms with Crippen molar-refractivity contribution < 1.29 is 14.2 Å². The number of methoxy groups -OCH3 is 2. The number of hydrogen-bond donors (Lipinski definition) is 1. The number of nitrogens with one attached hydrogen (secondary N) is 1. The van der Waals surface area contributed by atoms with E-state index in [0.717, 1.165) is 35.7 Å². The predicted octanol–water partition coefficient (Wildman–Crippen LogP) is 2.92. The number of halogens is 1. The Morgan fingerprint density at radius 1 is 1.24 bits per heavy atom. The number of benzene rings is 1. The molecule has 1 N–H and O–H groups in total. The van der Waals surface area contributed by atoms with Gasteiger partial charge in [-0.15, -0.1) is 0 Å². The first-order valence-corrected chi connectivity index (χ1v) is 7.71. The molecule has 1 rings (SSSR count). The zero-order valence-electron chi connectivity index (χ0n) is 13.2. The van der Waals surface area contributed by atoms with Gasteiger partial charge in [-0.2, -0.15) is 0 Å². The highest BCUT2D eigenvalue weighted by Crippen LogP contribution is 2.24. The maximum atomic E-state index is 6.08. The van der Waals surface area contributed by atoms with Crippen molar-refractivity contribution in [3.63, 3.8) is 0 Å². The molecule has 0 spiro atoms. The lowest BCUT2D eigenvalue weighted by Gasteiger charge is -2.20. The van der Waals surface area contributed by atoms with Crippen LogP contribution >= 0.6 is 11.6 Å². The van der Waals surface area contributed by atoms with Crippen molar-refractivity contribution in [3.05, 3.63) is 28.8 Å². The highest BCUT2D eigenvalue weighted by atomic mass is 35.5. The zero-order valence-corrected chi connectivity index (χ0v) is 13.9. The molecule has 0 aromatic heterocycles. The average Bonchev–Trinajstić information content (AvgIpc) is 2.49. The van der Waals surface area contributed by atoms with E-state index in [9.17, 15) is 0 Å². The molecule has 0 radical (unpaired) electrons. The summed E-state index contributed by atoms with van der Waals surface area (Å²) in [6, 6.07) is 5.93. The van der Waals surface area contributed by atoms with Crippen LogP contribution in [0.25, 0.3) is 0 Å². The topological polar surface area (TPSA) is 39.7 Å². The van der Waals surface area contributed by atoms with Crippen molar-refractivity contribution in [1.82, 2.24) is 5.32 Å².